The molecule has 0 unspecified atom stereocenters. The van der Waals surface area contributed by atoms with Gasteiger partial charge in [-0.3, -0.25) is 4.72 Å². The number of anilines is 1. The maximum atomic E-state index is 13.6. The van der Waals surface area contributed by atoms with Gasteiger partial charge in [0.05, 0.1) is 7.11 Å². The van der Waals surface area contributed by atoms with Gasteiger partial charge in [0.15, 0.2) is 5.65 Å². The molecule has 0 atom stereocenters. The van der Waals surface area contributed by atoms with Crippen molar-refractivity contribution in [1.29, 1.82) is 0 Å². The summed E-state index contributed by atoms with van der Waals surface area (Å²) >= 11 is 0. The first-order valence-electron chi connectivity index (χ1n) is 6.70. The monoisotopic (exact) mass is 354 g/mol. The molecular weight excluding hydrogens is 342 g/mol. The Labute approximate surface area is 135 Å². The Morgan fingerprint density at radius 3 is 2.50 bits per heavy atom. The van der Waals surface area contributed by atoms with E-state index in [4.69, 9.17) is 4.74 Å². The lowest BCUT2D eigenvalue weighted by atomic mass is 10.3. The minimum absolute atomic E-state index is 0.223. The molecule has 7 nitrogen and oxygen atoms in total. The number of nitrogens with one attached hydrogen (secondary N) is 1. The number of rotatable bonds is 4. The van der Waals surface area contributed by atoms with Crippen LogP contribution in [0.25, 0.3) is 5.65 Å². The highest BCUT2D eigenvalue weighted by molar-refractivity contribution is 7.92. The summed E-state index contributed by atoms with van der Waals surface area (Å²) < 4.78 is 60.1. The van der Waals surface area contributed by atoms with Crippen LogP contribution in [0.1, 0.15) is 5.56 Å². The van der Waals surface area contributed by atoms with Crippen molar-refractivity contribution in [3.8, 4) is 5.88 Å². The van der Waals surface area contributed by atoms with Gasteiger partial charge in [0.1, 0.15) is 17.3 Å². The van der Waals surface area contributed by atoms with Crippen molar-refractivity contribution >= 4 is 21.4 Å². The maximum Gasteiger partial charge on any atom is 0.299 e. The van der Waals surface area contributed by atoms with E-state index < -0.39 is 32.5 Å². The van der Waals surface area contributed by atoms with E-state index in [1.165, 1.54) is 11.6 Å². The number of benzene rings is 1. The summed E-state index contributed by atoms with van der Waals surface area (Å²) in [7, 11) is -2.99. The molecule has 0 amide bonds. The summed E-state index contributed by atoms with van der Waals surface area (Å²) in [6, 6.07) is 6.23. The largest absolute Gasteiger partial charge is 0.481 e. The molecular formula is C14H12F2N4O3S. The molecule has 0 fully saturated rings. The van der Waals surface area contributed by atoms with Crippen molar-refractivity contribution in [2.45, 2.75) is 12.1 Å². The first kappa shape index (κ1) is 16.1. The number of sulfonamides is 1. The molecule has 2 aromatic heterocycles. The van der Waals surface area contributed by atoms with Crippen LogP contribution in [0.15, 0.2) is 35.5 Å². The van der Waals surface area contributed by atoms with Gasteiger partial charge in [-0.1, -0.05) is 6.07 Å². The molecule has 0 aliphatic carbocycles. The smallest absolute Gasteiger partial charge is 0.299 e. The van der Waals surface area contributed by atoms with Gasteiger partial charge in [-0.05, 0) is 30.7 Å². The first-order chi connectivity index (χ1) is 11.3. The number of methoxy groups -OCH3 is 1. The Kier molecular flexibility index (Phi) is 3.84. The van der Waals surface area contributed by atoms with Gasteiger partial charge >= 0.3 is 0 Å². The lowest BCUT2D eigenvalue weighted by molar-refractivity contribution is 0.384. The van der Waals surface area contributed by atoms with Crippen molar-refractivity contribution in [3.63, 3.8) is 0 Å². The van der Waals surface area contributed by atoms with Gasteiger partial charge in [0.25, 0.3) is 15.2 Å². The van der Waals surface area contributed by atoms with Crippen LogP contribution >= 0.6 is 0 Å². The predicted molar refractivity (Wildman–Crippen MR) is 81.4 cm³/mol. The van der Waals surface area contributed by atoms with Gasteiger partial charge < -0.3 is 4.74 Å². The first-order valence-corrected chi connectivity index (χ1v) is 8.18. The van der Waals surface area contributed by atoms with Crippen LogP contribution in [-0.2, 0) is 10.0 Å². The number of halogens is 2. The second kappa shape index (κ2) is 5.71. The van der Waals surface area contributed by atoms with Crippen LogP contribution in [0.2, 0.25) is 0 Å². The van der Waals surface area contributed by atoms with Crippen LogP contribution in [0.3, 0.4) is 0 Å². The van der Waals surface area contributed by atoms with Crippen molar-refractivity contribution < 1.29 is 21.9 Å². The summed E-state index contributed by atoms with van der Waals surface area (Å²) in [5.41, 5.74) is 0.213. The molecule has 1 aromatic carbocycles. The number of hydrogen-bond acceptors (Lipinski definition) is 5. The number of fused-ring (bicyclic) bond motifs is 1. The van der Waals surface area contributed by atoms with Crippen LogP contribution in [0.4, 0.5) is 14.5 Å². The highest BCUT2D eigenvalue weighted by atomic mass is 32.2. The van der Waals surface area contributed by atoms with E-state index in [1.54, 1.807) is 19.1 Å². The number of aryl methyl sites for hydroxylation is 1. The maximum absolute atomic E-state index is 13.6. The normalized spacial score (nSPS) is 11.7. The summed E-state index contributed by atoms with van der Waals surface area (Å²) in [5, 5.41) is 3.21. The van der Waals surface area contributed by atoms with Crippen molar-refractivity contribution in [2.75, 3.05) is 11.8 Å². The Morgan fingerprint density at radius 1 is 1.21 bits per heavy atom. The Balaban J connectivity index is 2.09. The predicted octanol–water partition coefficient (Wildman–Crippen LogP) is 2.13. The van der Waals surface area contributed by atoms with E-state index in [-0.39, 0.29) is 11.5 Å². The fourth-order valence-electron chi connectivity index (χ4n) is 2.10. The molecule has 0 radical (unpaired) electrons. The summed E-state index contributed by atoms with van der Waals surface area (Å²) in [6.07, 6.45) is 0. The summed E-state index contributed by atoms with van der Waals surface area (Å²) in [4.78, 5) is 3.89. The van der Waals surface area contributed by atoms with Gasteiger partial charge in [-0.2, -0.15) is 17.9 Å². The van der Waals surface area contributed by atoms with Gasteiger partial charge in [-0.25, -0.2) is 8.78 Å². The highest BCUT2D eigenvalue weighted by Crippen LogP contribution is 2.22. The van der Waals surface area contributed by atoms with E-state index >= 15 is 0 Å². The minimum atomic E-state index is -4.39. The van der Waals surface area contributed by atoms with Crippen molar-refractivity contribution in [2.24, 2.45) is 0 Å². The molecule has 0 saturated heterocycles. The molecule has 3 aromatic rings. The quantitative estimate of drug-likeness (QED) is 0.776. The Morgan fingerprint density at radius 2 is 1.88 bits per heavy atom. The van der Waals surface area contributed by atoms with Gasteiger partial charge in [0, 0.05) is 6.07 Å². The van der Waals surface area contributed by atoms with Crippen LogP contribution in [0.5, 0.6) is 5.88 Å². The summed E-state index contributed by atoms with van der Waals surface area (Å²) in [5.74, 6) is -1.82. The topological polar surface area (TPSA) is 85.6 Å². The second-order valence-corrected chi connectivity index (χ2v) is 6.52. The number of aromatic nitrogens is 3. The average molecular weight is 354 g/mol. The third kappa shape index (κ3) is 2.75. The molecule has 0 saturated carbocycles. The number of ether oxygens (including phenoxy) is 1. The lowest BCUT2D eigenvalue weighted by Gasteiger charge is -2.06. The van der Waals surface area contributed by atoms with Crippen LogP contribution in [0, 0.1) is 18.6 Å². The zero-order valence-electron chi connectivity index (χ0n) is 12.6. The molecule has 126 valence electrons. The lowest BCUT2D eigenvalue weighted by Crippen LogP contribution is -2.16. The molecule has 3 rings (SSSR count). The highest BCUT2D eigenvalue weighted by Gasteiger charge is 2.24. The van der Waals surface area contributed by atoms with E-state index in [0.717, 1.165) is 23.8 Å². The zero-order chi connectivity index (χ0) is 17.5. The Hall–Kier alpha value is -2.75. The van der Waals surface area contributed by atoms with Crippen LogP contribution in [-0.4, -0.2) is 30.1 Å². The molecule has 0 aliphatic rings. The van der Waals surface area contributed by atoms with Crippen molar-refractivity contribution in [3.05, 3.63) is 47.5 Å². The number of nitrogens with zero attached hydrogens (tertiary/aromatic N) is 3. The van der Waals surface area contributed by atoms with Crippen molar-refractivity contribution in [1.82, 2.24) is 14.6 Å². The standard InChI is InChI=1S/C14H12F2N4O3S/c1-8-6-11-17-14(18-20(11)12(7-8)23-2)24(21,22)19-13-9(15)4-3-5-10(13)16/h3-7,19H,1-2H3. The Bertz CT molecular complexity index is 1010. The van der Waals surface area contributed by atoms with Crippen LogP contribution < -0.4 is 9.46 Å². The number of para-hydroxylation sites is 1. The molecule has 0 aliphatic heterocycles. The zero-order valence-corrected chi connectivity index (χ0v) is 13.4. The van der Waals surface area contributed by atoms with E-state index in [0.29, 0.717) is 0 Å². The molecule has 2 heterocycles. The third-order valence-electron chi connectivity index (χ3n) is 3.18. The molecule has 0 bridgehead atoms. The molecule has 0 spiro atoms. The molecule has 24 heavy (non-hydrogen) atoms. The van der Waals surface area contributed by atoms with E-state index in [2.05, 4.69) is 10.1 Å². The SMILES string of the molecule is COc1cc(C)cc2nc(S(=O)(=O)Nc3c(F)cccc3F)nn12. The fourth-order valence-corrected chi connectivity index (χ4v) is 3.05. The average Bonchev–Trinajstić information content (AvgIpc) is 2.95. The van der Waals surface area contributed by atoms with Gasteiger partial charge in [0.2, 0.25) is 5.88 Å². The van der Waals surface area contributed by atoms with E-state index in [9.17, 15) is 17.2 Å². The fraction of sp³-hybridized carbons (Fsp3) is 0.143. The van der Waals surface area contributed by atoms with E-state index in [1.807, 2.05) is 4.72 Å². The third-order valence-corrected chi connectivity index (χ3v) is 4.30. The minimum Gasteiger partial charge on any atom is -0.481 e. The number of pyridine rings is 1. The molecule has 1 N–H and O–H groups in total. The second-order valence-electron chi connectivity index (χ2n) is 4.94. The number of hydrogen-bond donors (Lipinski definition) is 1. The van der Waals surface area contributed by atoms with Gasteiger partial charge in [-0.15, -0.1) is 5.10 Å². The summed E-state index contributed by atoms with van der Waals surface area (Å²) in [6.45, 7) is 1.78. The molecule has 10 heteroatoms.